The third-order valence-electron chi connectivity index (χ3n) is 6.84. The first-order valence-corrected chi connectivity index (χ1v) is 10.7. The molecule has 0 spiro atoms. The Morgan fingerprint density at radius 3 is 2.46 bits per heavy atom. The van der Waals surface area contributed by atoms with Crippen LogP contribution >= 0.6 is 0 Å². The minimum atomic E-state index is -0.986. The van der Waals surface area contributed by atoms with Crippen molar-refractivity contribution in [1.29, 1.82) is 0 Å². The molecule has 1 heterocycles. The van der Waals surface area contributed by atoms with Crippen LogP contribution in [0.2, 0.25) is 0 Å². The Morgan fingerprint density at radius 1 is 1.11 bits per heavy atom. The summed E-state index contributed by atoms with van der Waals surface area (Å²) in [7, 11) is 0. The number of nitrogens with zero attached hydrogens (tertiary/aromatic N) is 2. The van der Waals surface area contributed by atoms with Crippen molar-refractivity contribution >= 4 is 17.8 Å². The van der Waals surface area contributed by atoms with Gasteiger partial charge in [0, 0.05) is 25.6 Å². The van der Waals surface area contributed by atoms with Crippen molar-refractivity contribution in [2.24, 2.45) is 11.8 Å². The average molecular weight is 396 g/mol. The summed E-state index contributed by atoms with van der Waals surface area (Å²) in [6.07, 6.45) is 5.77. The number of likely N-dealkylation sites (tertiary alicyclic amines) is 1. The number of carbonyl (C=O) groups is 3. The summed E-state index contributed by atoms with van der Waals surface area (Å²) in [4.78, 5) is 39.4. The number of rotatable bonds is 6. The van der Waals surface area contributed by atoms with Crippen LogP contribution in [-0.2, 0) is 14.4 Å². The Bertz CT molecular complexity index is 568. The Hall–Kier alpha value is -1.63. The Morgan fingerprint density at radius 2 is 1.82 bits per heavy atom. The highest BCUT2D eigenvalue weighted by atomic mass is 16.4. The Balaban J connectivity index is 1.92. The normalized spacial score (nSPS) is 30.1. The molecule has 1 saturated carbocycles. The smallest absolute Gasteiger partial charge is 0.323 e. The zero-order valence-electron chi connectivity index (χ0n) is 17.8. The van der Waals surface area contributed by atoms with E-state index in [1.165, 1.54) is 24.7 Å². The molecule has 2 rings (SSSR count). The van der Waals surface area contributed by atoms with E-state index in [1.807, 2.05) is 6.92 Å². The van der Waals surface area contributed by atoms with Crippen LogP contribution in [-0.4, -0.2) is 70.4 Å². The first-order valence-electron chi connectivity index (χ1n) is 10.7. The van der Waals surface area contributed by atoms with E-state index >= 15 is 0 Å². The molecular formula is C21H37N3O4. The van der Waals surface area contributed by atoms with Crippen molar-refractivity contribution < 1.29 is 19.5 Å². The van der Waals surface area contributed by atoms with Gasteiger partial charge in [0.25, 0.3) is 0 Å². The molecule has 2 N–H and O–H groups in total. The summed E-state index contributed by atoms with van der Waals surface area (Å²) in [6, 6.07) is -0.0382. The van der Waals surface area contributed by atoms with E-state index in [4.69, 9.17) is 5.11 Å². The predicted octanol–water partition coefficient (Wildman–Crippen LogP) is 2.10. The van der Waals surface area contributed by atoms with E-state index in [9.17, 15) is 14.4 Å². The molecule has 2 aliphatic rings. The molecule has 0 radical (unpaired) electrons. The maximum atomic E-state index is 12.8. The molecule has 28 heavy (non-hydrogen) atoms. The van der Waals surface area contributed by atoms with Gasteiger partial charge in [0.05, 0.1) is 6.04 Å². The lowest BCUT2D eigenvalue weighted by Gasteiger charge is -2.36. The lowest BCUT2D eigenvalue weighted by molar-refractivity contribution is -0.145. The molecule has 2 amide bonds. The molecule has 0 aromatic heterocycles. The first kappa shape index (κ1) is 22.7. The Kier molecular flexibility index (Phi) is 8.28. The van der Waals surface area contributed by atoms with E-state index in [2.05, 4.69) is 24.1 Å². The zero-order chi connectivity index (χ0) is 20.8. The van der Waals surface area contributed by atoms with Crippen LogP contribution < -0.4 is 5.32 Å². The quantitative estimate of drug-likeness (QED) is 0.719. The molecule has 0 aromatic carbocycles. The molecule has 2 fully saturated rings. The minimum absolute atomic E-state index is 0.0759. The molecule has 5 unspecified atom stereocenters. The van der Waals surface area contributed by atoms with Crippen molar-refractivity contribution in [2.45, 2.75) is 84.3 Å². The van der Waals surface area contributed by atoms with Crippen LogP contribution in [0.1, 0.15) is 66.2 Å². The largest absolute Gasteiger partial charge is 0.480 e. The van der Waals surface area contributed by atoms with Crippen LogP contribution in [0.3, 0.4) is 0 Å². The van der Waals surface area contributed by atoms with Crippen LogP contribution in [0.15, 0.2) is 0 Å². The molecule has 7 nitrogen and oxygen atoms in total. The lowest BCUT2D eigenvalue weighted by Crippen LogP contribution is -2.51. The summed E-state index contributed by atoms with van der Waals surface area (Å²) < 4.78 is 0. The lowest BCUT2D eigenvalue weighted by atomic mass is 9.78. The monoisotopic (exact) mass is 395 g/mol. The number of hydrogen-bond donors (Lipinski definition) is 2. The second kappa shape index (κ2) is 10.2. The first-order chi connectivity index (χ1) is 13.2. The third-order valence-corrected chi connectivity index (χ3v) is 6.84. The Labute approximate surface area is 168 Å². The highest BCUT2D eigenvalue weighted by molar-refractivity contribution is 5.81. The average Bonchev–Trinajstić information content (AvgIpc) is 2.88. The van der Waals surface area contributed by atoms with Gasteiger partial charge < -0.3 is 15.3 Å². The highest BCUT2D eigenvalue weighted by Crippen LogP contribution is 2.29. The number of carbonyl (C=O) groups excluding carboxylic acids is 2. The maximum absolute atomic E-state index is 12.8. The number of hydrogen-bond acceptors (Lipinski definition) is 4. The van der Waals surface area contributed by atoms with Crippen molar-refractivity contribution in [3.63, 3.8) is 0 Å². The van der Waals surface area contributed by atoms with E-state index in [-0.39, 0.29) is 36.5 Å². The summed E-state index contributed by atoms with van der Waals surface area (Å²) >= 11 is 0. The summed E-state index contributed by atoms with van der Waals surface area (Å²) in [5.74, 6) is 0.0314. The molecule has 0 bridgehead atoms. The minimum Gasteiger partial charge on any atom is -0.480 e. The SMILES string of the molecule is CC(=O)N(CC(=O)O)C1CCCN(C(C)C(=O)NC2CCCC(C)C2C)CC1. The van der Waals surface area contributed by atoms with Gasteiger partial charge in [-0.2, -0.15) is 0 Å². The molecule has 1 aliphatic heterocycles. The molecule has 7 heteroatoms. The number of aliphatic carboxylic acids is 1. The van der Waals surface area contributed by atoms with Gasteiger partial charge in [0.1, 0.15) is 6.54 Å². The summed E-state index contributed by atoms with van der Waals surface area (Å²) in [5.41, 5.74) is 0. The van der Waals surface area contributed by atoms with Gasteiger partial charge >= 0.3 is 5.97 Å². The van der Waals surface area contributed by atoms with Gasteiger partial charge in [0.2, 0.25) is 11.8 Å². The van der Waals surface area contributed by atoms with Crippen molar-refractivity contribution in [3.8, 4) is 0 Å². The van der Waals surface area contributed by atoms with Gasteiger partial charge in [-0.3, -0.25) is 19.3 Å². The number of amides is 2. The molecule has 160 valence electrons. The molecule has 1 aliphatic carbocycles. The topological polar surface area (TPSA) is 90.0 Å². The van der Waals surface area contributed by atoms with E-state index in [0.717, 1.165) is 25.8 Å². The van der Waals surface area contributed by atoms with Crippen molar-refractivity contribution in [3.05, 3.63) is 0 Å². The van der Waals surface area contributed by atoms with Gasteiger partial charge in [-0.05, 0) is 51.0 Å². The fraction of sp³-hybridized carbons (Fsp3) is 0.857. The van der Waals surface area contributed by atoms with Crippen molar-refractivity contribution in [2.75, 3.05) is 19.6 Å². The fourth-order valence-corrected chi connectivity index (χ4v) is 4.70. The maximum Gasteiger partial charge on any atom is 0.323 e. The second-order valence-corrected chi connectivity index (χ2v) is 8.72. The van der Waals surface area contributed by atoms with Gasteiger partial charge in [-0.15, -0.1) is 0 Å². The standard InChI is InChI=1S/C21H37N3O4/c1-14-7-5-9-19(15(14)2)22-21(28)16(3)23-11-6-8-18(10-12-23)24(17(4)25)13-20(26)27/h14-16,18-19H,5-13H2,1-4H3,(H,22,28)(H,26,27). The van der Waals surface area contributed by atoms with Gasteiger partial charge in [-0.1, -0.05) is 26.7 Å². The van der Waals surface area contributed by atoms with Crippen LogP contribution in [0.25, 0.3) is 0 Å². The van der Waals surface area contributed by atoms with Crippen LogP contribution in [0.5, 0.6) is 0 Å². The number of carboxylic acid groups (broad SMARTS) is 1. The van der Waals surface area contributed by atoms with E-state index < -0.39 is 5.97 Å². The predicted molar refractivity (Wildman–Crippen MR) is 108 cm³/mol. The number of nitrogens with one attached hydrogen (secondary N) is 1. The van der Waals surface area contributed by atoms with E-state index in [0.29, 0.717) is 24.8 Å². The molecular weight excluding hydrogens is 358 g/mol. The summed E-state index contributed by atoms with van der Waals surface area (Å²) in [6.45, 7) is 9.10. The highest BCUT2D eigenvalue weighted by Gasteiger charge is 2.32. The van der Waals surface area contributed by atoms with E-state index in [1.54, 1.807) is 0 Å². The van der Waals surface area contributed by atoms with Gasteiger partial charge in [-0.25, -0.2) is 0 Å². The van der Waals surface area contributed by atoms with Crippen LogP contribution in [0, 0.1) is 11.8 Å². The fourth-order valence-electron chi connectivity index (χ4n) is 4.70. The second-order valence-electron chi connectivity index (χ2n) is 8.72. The molecule has 5 atom stereocenters. The zero-order valence-corrected chi connectivity index (χ0v) is 17.8. The van der Waals surface area contributed by atoms with Crippen LogP contribution in [0.4, 0.5) is 0 Å². The van der Waals surface area contributed by atoms with Crippen molar-refractivity contribution in [1.82, 2.24) is 15.1 Å². The number of carboxylic acids is 1. The third kappa shape index (κ3) is 5.93. The molecule has 0 aromatic rings. The summed E-state index contributed by atoms with van der Waals surface area (Å²) in [5, 5.41) is 12.4. The van der Waals surface area contributed by atoms with Gasteiger partial charge in [0.15, 0.2) is 0 Å². The molecule has 1 saturated heterocycles.